The van der Waals surface area contributed by atoms with Gasteiger partial charge in [-0.05, 0) is 33.1 Å². The van der Waals surface area contributed by atoms with E-state index in [2.05, 4.69) is 12.2 Å². The zero-order chi connectivity index (χ0) is 13.5. The van der Waals surface area contributed by atoms with Crippen LogP contribution in [-0.4, -0.2) is 30.9 Å². The number of hydrogen-bond acceptors (Lipinski definition) is 3. The first-order chi connectivity index (χ1) is 7.88. The lowest BCUT2D eigenvalue weighted by atomic mass is 9.97. The third-order valence-corrected chi connectivity index (χ3v) is 2.40. The topological polar surface area (TPSA) is 47.6 Å². The summed E-state index contributed by atoms with van der Waals surface area (Å²) < 4.78 is 10.5. The summed E-state index contributed by atoms with van der Waals surface area (Å²) in [5.74, 6) is 0.450. The second kappa shape index (κ2) is 7.54. The Kier molecular flexibility index (Phi) is 7.19. The van der Waals surface area contributed by atoms with Crippen LogP contribution in [0.4, 0.5) is 4.79 Å². The van der Waals surface area contributed by atoms with Crippen LogP contribution in [0.3, 0.4) is 0 Å². The van der Waals surface area contributed by atoms with Crippen molar-refractivity contribution in [3.05, 3.63) is 0 Å². The third kappa shape index (κ3) is 7.21. The molecule has 0 aliphatic carbocycles. The van der Waals surface area contributed by atoms with E-state index in [-0.39, 0.29) is 12.1 Å². The molecule has 1 rings (SSSR count). The number of nitrogens with one attached hydrogen (secondary N) is 1. The second-order valence-electron chi connectivity index (χ2n) is 5.09. The molecule has 0 aromatic carbocycles. The average molecular weight is 245 g/mol. The third-order valence-electron chi connectivity index (χ3n) is 2.40. The summed E-state index contributed by atoms with van der Waals surface area (Å²) >= 11 is 0. The molecule has 0 bridgehead atoms. The molecule has 0 radical (unpaired) electrons. The Balaban J connectivity index is 0.00000121. The van der Waals surface area contributed by atoms with Crippen LogP contribution in [0, 0.1) is 5.92 Å². The van der Waals surface area contributed by atoms with Crippen molar-refractivity contribution in [3.8, 4) is 0 Å². The maximum Gasteiger partial charge on any atom is 0.407 e. The maximum absolute atomic E-state index is 11.5. The van der Waals surface area contributed by atoms with Gasteiger partial charge in [0.2, 0.25) is 0 Å². The van der Waals surface area contributed by atoms with E-state index in [1.54, 1.807) is 0 Å². The van der Waals surface area contributed by atoms with Gasteiger partial charge in [-0.25, -0.2) is 4.79 Å². The molecule has 4 heteroatoms. The minimum absolute atomic E-state index is 0.0774. The molecular formula is C13H27NO3. The highest BCUT2D eigenvalue weighted by atomic mass is 16.6. The molecule has 1 aliphatic rings. The highest BCUT2D eigenvalue weighted by Gasteiger charge is 2.25. The molecule has 0 spiro atoms. The lowest BCUT2D eigenvalue weighted by Crippen LogP contribution is -2.47. The molecule has 1 heterocycles. The molecular weight excluding hydrogens is 218 g/mol. The van der Waals surface area contributed by atoms with E-state index in [0.717, 1.165) is 13.0 Å². The van der Waals surface area contributed by atoms with E-state index in [1.807, 2.05) is 34.6 Å². The summed E-state index contributed by atoms with van der Waals surface area (Å²) in [4.78, 5) is 11.5. The predicted molar refractivity (Wildman–Crippen MR) is 69.1 cm³/mol. The summed E-state index contributed by atoms with van der Waals surface area (Å²) in [6.45, 7) is 13.0. The normalized spacial score (nSPS) is 24.4. The molecule has 1 N–H and O–H groups in total. The Bertz CT molecular complexity index is 223. The fraction of sp³-hybridized carbons (Fsp3) is 0.923. The van der Waals surface area contributed by atoms with Gasteiger partial charge in [-0.15, -0.1) is 0 Å². The lowest BCUT2D eigenvalue weighted by Gasteiger charge is -2.30. The summed E-state index contributed by atoms with van der Waals surface area (Å²) in [5, 5.41) is 2.84. The molecule has 17 heavy (non-hydrogen) atoms. The van der Waals surface area contributed by atoms with Gasteiger partial charge in [0, 0.05) is 6.61 Å². The van der Waals surface area contributed by atoms with Crippen LogP contribution in [-0.2, 0) is 9.47 Å². The Labute approximate surface area is 105 Å². The first-order valence-corrected chi connectivity index (χ1v) is 6.46. The van der Waals surface area contributed by atoms with E-state index in [9.17, 15) is 4.79 Å². The minimum atomic E-state index is -0.442. The minimum Gasteiger partial charge on any atom is -0.444 e. The van der Waals surface area contributed by atoms with Crippen LogP contribution in [0.1, 0.15) is 48.0 Å². The van der Waals surface area contributed by atoms with E-state index < -0.39 is 5.60 Å². The number of alkyl carbamates (subject to hydrolysis) is 1. The fourth-order valence-corrected chi connectivity index (χ4v) is 1.49. The molecule has 1 aliphatic heterocycles. The van der Waals surface area contributed by atoms with Crippen molar-refractivity contribution < 1.29 is 14.3 Å². The molecule has 2 atom stereocenters. The monoisotopic (exact) mass is 245 g/mol. The van der Waals surface area contributed by atoms with Gasteiger partial charge in [0.15, 0.2) is 0 Å². The van der Waals surface area contributed by atoms with Gasteiger partial charge in [-0.2, -0.15) is 0 Å². The van der Waals surface area contributed by atoms with Crippen molar-refractivity contribution in [2.75, 3.05) is 13.2 Å². The Hall–Kier alpha value is -0.770. The second-order valence-corrected chi connectivity index (χ2v) is 5.09. The number of amides is 1. The van der Waals surface area contributed by atoms with Gasteiger partial charge in [-0.1, -0.05) is 20.8 Å². The Morgan fingerprint density at radius 2 is 1.94 bits per heavy atom. The van der Waals surface area contributed by atoms with E-state index >= 15 is 0 Å². The Morgan fingerprint density at radius 3 is 2.41 bits per heavy atom. The first kappa shape index (κ1) is 16.2. The zero-order valence-electron chi connectivity index (χ0n) is 12.0. The van der Waals surface area contributed by atoms with Crippen molar-refractivity contribution in [3.63, 3.8) is 0 Å². The first-order valence-electron chi connectivity index (χ1n) is 6.46. The van der Waals surface area contributed by atoms with E-state index in [0.29, 0.717) is 12.5 Å². The van der Waals surface area contributed by atoms with Crippen molar-refractivity contribution in [2.45, 2.75) is 59.6 Å². The van der Waals surface area contributed by atoms with Crippen LogP contribution >= 0.6 is 0 Å². The smallest absolute Gasteiger partial charge is 0.407 e. The van der Waals surface area contributed by atoms with Gasteiger partial charge in [0.1, 0.15) is 5.60 Å². The van der Waals surface area contributed by atoms with Gasteiger partial charge in [0.05, 0.1) is 12.6 Å². The maximum atomic E-state index is 11.5. The van der Waals surface area contributed by atoms with Crippen LogP contribution in [0.15, 0.2) is 0 Å². The van der Waals surface area contributed by atoms with Crippen molar-refractivity contribution in [2.24, 2.45) is 5.92 Å². The molecule has 0 aromatic heterocycles. The van der Waals surface area contributed by atoms with Crippen LogP contribution in [0.25, 0.3) is 0 Å². The van der Waals surface area contributed by atoms with Crippen molar-refractivity contribution in [1.82, 2.24) is 5.32 Å². The van der Waals surface area contributed by atoms with E-state index in [4.69, 9.17) is 9.47 Å². The number of carbonyl (C=O) groups excluding carboxylic acids is 1. The summed E-state index contributed by atoms with van der Waals surface area (Å²) in [6.07, 6.45) is 0.630. The molecule has 2 unspecified atom stereocenters. The van der Waals surface area contributed by atoms with Crippen molar-refractivity contribution in [1.29, 1.82) is 0 Å². The van der Waals surface area contributed by atoms with Gasteiger partial charge >= 0.3 is 6.09 Å². The molecule has 1 saturated heterocycles. The highest BCUT2D eigenvalue weighted by Crippen LogP contribution is 2.15. The van der Waals surface area contributed by atoms with Crippen LogP contribution < -0.4 is 5.32 Å². The predicted octanol–water partition coefficient (Wildman–Crippen LogP) is 2.96. The standard InChI is InChI=1S/C11H21NO3.C2H6/c1-8-5-6-14-7-9(8)12-10(13)15-11(2,3)4;1-2/h8-9H,5-7H2,1-4H3,(H,12,13);1-2H3. The molecule has 4 nitrogen and oxygen atoms in total. The number of carbonyl (C=O) groups is 1. The molecule has 0 aromatic rings. The zero-order valence-corrected chi connectivity index (χ0v) is 12.0. The largest absolute Gasteiger partial charge is 0.444 e. The molecule has 0 saturated carbocycles. The molecule has 1 amide bonds. The lowest BCUT2D eigenvalue weighted by molar-refractivity contribution is 0.0207. The highest BCUT2D eigenvalue weighted by molar-refractivity contribution is 5.68. The fourth-order valence-electron chi connectivity index (χ4n) is 1.49. The molecule has 102 valence electrons. The van der Waals surface area contributed by atoms with Gasteiger partial charge in [-0.3, -0.25) is 0 Å². The summed E-state index contributed by atoms with van der Waals surface area (Å²) in [7, 11) is 0. The number of rotatable bonds is 1. The average Bonchev–Trinajstić information content (AvgIpc) is 2.22. The van der Waals surface area contributed by atoms with Gasteiger partial charge < -0.3 is 14.8 Å². The molecule has 1 fully saturated rings. The Morgan fingerprint density at radius 1 is 1.35 bits per heavy atom. The van der Waals surface area contributed by atoms with Gasteiger partial charge in [0.25, 0.3) is 0 Å². The van der Waals surface area contributed by atoms with Crippen LogP contribution in [0.2, 0.25) is 0 Å². The summed E-state index contributed by atoms with van der Waals surface area (Å²) in [6, 6.07) is 0.0774. The summed E-state index contributed by atoms with van der Waals surface area (Å²) in [5.41, 5.74) is -0.442. The number of hydrogen-bond donors (Lipinski definition) is 1. The van der Waals surface area contributed by atoms with E-state index in [1.165, 1.54) is 0 Å². The van der Waals surface area contributed by atoms with Crippen LogP contribution in [0.5, 0.6) is 0 Å². The number of ether oxygens (including phenoxy) is 2. The van der Waals surface area contributed by atoms with Crippen molar-refractivity contribution >= 4 is 6.09 Å². The quantitative estimate of drug-likeness (QED) is 0.772. The SMILES string of the molecule is CC.CC1CCOCC1NC(=O)OC(C)(C)C.